The first-order valence-corrected chi connectivity index (χ1v) is 12.2. The van der Waals surface area contributed by atoms with Crippen molar-refractivity contribution in [1.29, 1.82) is 0 Å². The number of benzene rings is 1. The van der Waals surface area contributed by atoms with Gasteiger partial charge in [-0.2, -0.15) is 0 Å². The number of esters is 1. The summed E-state index contributed by atoms with van der Waals surface area (Å²) in [5.41, 5.74) is 1.80. The highest BCUT2D eigenvalue weighted by molar-refractivity contribution is 7.78. The quantitative estimate of drug-likeness (QED) is 0.435. The molecule has 1 aliphatic rings. The van der Waals surface area contributed by atoms with E-state index in [9.17, 15) is 13.8 Å². The smallest absolute Gasteiger partial charge is 0.357 e. The molecule has 9 heteroatoms. The molecule has 7 nitrogen and oxygen atoms in total. The molecule has 2 aromatic rings. The standard InChI is InChI=1S/C21H26N2O5S2/c1-2-28-20(25)18-12-29-21(22-18)23-19(24)17(11-14-5-3-4-6-14)16-9-7-15(8-10-16)13-30(26)27/h7-10,12,14,17H,2-6,11,13H2,1H3,(H,26,27)(H,22,23,24). The molecular formula is C21H26N2O5S2. The van der Waals surface area contributed by atoms with Crippen LogP contribution in [0.15, 0.2) is 29.6 Å². The van der Waals surface area contributed by atoms with Gasteiger partial charge in [-0.15, -0.1) is 11.3 Å². The Balaban J connectivity index is 1.75. The Hall–Kier alpha value is -2.10. The van der Waals surface area contributed by atoms with Crippen molar-refractivity contribution < 1.29 is 23.1 Å². The van der Waals surface area contributed by atoms with E-state index in [4.69, 9.17) is 9.29 Å². The molecule has 30 heavy (non-hydrogen) atoms. The van der Waals surface area contributed by atoms with E-state index in [0.717, 1.165) is 30.4 Å². The predicted octanol–water partition coefficient (Wildman–Crippen LogP) is 4.34. The number of nitrogens with zero attached hydrogens (tertiary/aromatic N) is 1. The summed E-state index contributed by atoms with van der Waals surface area (Å²) < 4.78 is 25.0. The van der Waals surface area contributed by atoms with Crippen LogP contribution < -0.4 is 5.32 Å². The second kappa shape index (κ2) is 10.8. The van der Waals surface area contributed by atoms with Crippen molar-refractivity contribution >= 4 is 39.4 Å². The van der Waals surface area contributed by atoms with Crippen LogP contribution in [0.4, 0.5) is 5.13 Å². The Labute approximate surface area is 182 Å². The minimum atomic E-state index is -1.90. The largest absolute Gasteiger partial charge is 0.461 e. The van der Waals surface area contributed by atoms with Crippen molar-refractivity contribution in [3.8, 4) is 0 Å². The predicted molar refractivity (Wildman–Crippen MR) is 117 cm³/mol. The summed E-state index contributed by atoms with van der Waals surface area (Å²) in [5.74, 6) is -0.456. The third-order valence-electron chi connectivity index (χ3n) is 5.25. The molecule has 0 radical (unpaired) electrons. The van der Waals surface area contributed by atoms with Crippen molar-refractivity contribution in [3.05, 3.63) is 46.5 Å². The Morgan fingerprint density at radius 1 is 1.30 bits per heavy atom. The van der Waals surface area contributed by atoms with Gasteiger partial charge in [-0.3, -0.25) is 4.79 Å². The molecule has 1 saturated carbocycles. The summed E-state index contributed by atoms with van der Waals surface area (Å²) in [6.45, 7) is 1.99. The van der Waals surface area contributed by atoms with Crippen LogP contribution in [0.3, 0.4) is 0 Å². The van der Waals surface area contributed by atoms with Crippen LogP contribution in [0.25, 0.3) is 0 Å². The van der Waals surface area contributed by atoms with Crippen molar-refractivity contribution in [1.82, 2.24) is 4.98 Å². The van der Waals surface area contributed by atoms with Crippen LogP contribution in [0.1, 0.15) is 66.6 Å². The lowest BCUT2D eigenvalue weighted by Crippen LogP contribution is -2.23. The second-order valence-corrected chi connectivity index (χ2v) is 9.18. The molecule has 1 aromatic heterocycles. The van der Waals surface area contributed by atoms with Gasteiger partial charge in [-0.1, -0.05) is 49.9 Å². The lowest BCUT2D eigenvalue weighted by atomic mass is 9.87. The number of anilines is 1. The van der Waals surface area contributed by atoms with E-state index in [1.807, 2.05) is 12.1 Å². The molecule has 1 amide bonds. The first kappa shape index (κ1) is 22.6. The molecule has 1 heterocycles. The molecule has 162 valence electrons. The van der Waals surface area contributed by atoms with Crippen molar-refractivity contribution in [2.24, 2.45) is 5.92 Å². The normalized spacial score (nSPS) is 16.2. The SMILES string of the molecule is CCOC(=O)c1csc(NC(=O)C(CC2CCCC2)c2ccc(CS(=O)O)cc2)n1. The van der Waals surface area contributed by atoms with E-state index in [-0.39, 0.29) is 29.9 Å². The van der Waals surface area contributed by atoms with Crippen molar-refractivity contribution in [2.45, 2.75) is 50.7 Å². The Morgan fingerprint density at radius 3 is 2.63 bits per heavy atom. The first-order chi connectivity index (χ1) is 14.5. The van der Waals surface area contributed by atoms with Crippen LogP contribution in [-0.4, -0.2) is 32.2 Å². The van der Waals surface area contributed by atoms with Crippen molar-refractivity contribution in [2.75, 3.05) is 11.9 Å². The summed E-state index contributed by atoms with van der Waals surface area (Å²) in [4.78, 5) is 29.1. The number of thiazole rings is 1. The summed E-state index contributed by atoms with van der Waals surface area (Å²) in [6.07, 6.45) is 5.36. The molecule has 0 bridgehead atoms. The fraction of sp³-hybridized carbons (Fsp3) is 0.476. The zero-order valence-corrected chi connectivity index (χ0v) is 18.5. The lowest BCUT2D eigenvalue weighted by Gasteiger charge is -2.20. The van der Waals surface area contributed by atoms with Crippen LogP contribution in [0.5, 0.6) is 0 Å². The molecule has 0 spiro atoms. The Kier molecular flexibility index (Phi) is 8.12. The van der Waals surface area contributed by atoms with Crippen LogP contribution >= 0.6 is 11.3 Å². The van der Waals surface area contributed by atoms with Gasteiger partial charge < -0.3 is 14.6 Å². The zero-order valence-electron chi connectivity index (χ0n) is 16.8. The average Bonchev–Trinajstić information content (AvgIpc) is 3.38. The minimum absolute atomic E-state index is 0.0650. The van der Waals surface area contributed by atoms with Gasteiger partial charge in [0.2, 0.25) is 5.91 Å². The maximum absolute atomic E-state index is 13.1. The maximum atomic E-state index is 13.1. The summed E-state index contributed by atoms with van der Waals surface area (Å²) >= 11 is -0.709. The number of carbonyl (C=O) groups is 2. The zero-order chi connectivity index (χ0) is 21.5. The van der Waals surface area contributed by atoms with Gasteiger partial charge in [0.1, 0.15) is 0 Å². The molecule has 1 aromatic carbocycles. The second-order valence-electron chi connectivity index (χ2n) is 7.39. The number of hydrogen-bond acceptors (Lipinski definition) is 6. The average molecular weight is 451 g/mol. The van der Waals surface area contributed by atoms with E-state index >= 15 is 0 Å². The fourth-order valence-electron chi connectivity index (χ4n) is 3.79. The number of aromatic nitrogens is 1. The topological polar surface area (TPSA) is 106 Å². The van der Waals surface area contributed by atoms with Crippen molar-refractivity contribution in [3.63, 3.8) is 0 Å². The Bertz CT molecular complexity index is 891. The van der Waals surface area contributed by atoms with Gasteiger partial charge >= 0.3 is 5.97 Å². The molecule has 2 unspecified atom stereocenters. The van der Waals surface area contributed by atoms with E-state index in [0.29, 0.717) is 11.0 Å². The third kappa shape index (κ3) is 6.20. The monoisotopic (exact) mass is 450 g/mol. The maximum Gasteiger partial charge on any atom is 0.357 e. The van der Waals surface area contributed by atoms with Crippen LogP contribution in [0, 0.1) is 5.92 Å². The number of ether oxygens (including phenoxy) is 1. The van der Waals surface area contributed by atoms with Gasteiger partial charge in [0.25, 0.3) is 0 Å². The van der Waals surface area contributed by atoms with Crippen LogP contribution in [-0.2, 0) is 26.4 Å². The molecule has 1 aliphatic carbocycles. The first-order valence-electron chi connectivity index (χ1n) is 10.1. The number of carbonyl (C=O) groups excluding carboxylic acids is 2. The summed E-state index contributed by atoms with van der Waals surface area (Å²) in [5, 5.41) is 4.79. The minimum Gasteiger partial charge on any atom is -0.461 e. The number of nitrogens with one attached hydrogen (secondary N) is 1. The summed E-state index contributed by atoms with van der Waals surface area (Å²) in [6, 6.07) is 7.29. The molecule has 2 atom stereocenters. The van der Waals surface area contributed by atoms with Gasteiger partial charge in [0.15, 0.2) is 21.9 Å². The molecule has 0 aliphatic heterocycles. The number of hydrogen-bond donors (Lipinski definition) is 2. The van der Waals surface area contributed by atoms with Gasteiger partial charge in [0, 0.05) is 5.38 Å². The van der Waals surface area contributed by atoms with Gasteiger partial charge in [-0.25, -0.2) is 14.0 Å². The number of rotatable bonds is 9. The molecule has 3 rings (SSSR count). The molecule has 2 N–H and O–H groups in total. The number of amides is 1. The fourth-order valence-corrected chi connectivity index (χ4v) is 4.95. The van der Waals surface area contributed by atoms with E-state index in [2.05, 4.69) is 10.3 Å². The summed E-state index contributed by atoms with van der Waals surface area (Å²) in [7, 11) is 0. The van der Waals surface area contributed by atoms with E-state index in [1.165, 1.54) is 24.2 Å². The highest BCUT2D eigenvalue weighted by Crippen LogP contribution is 2.35. The van der Waals surface area contributed by atoms with E-state index < -0.39 is 17.0 Å². The molecule has 1 fully saturated rings. The highest BCUT2D eigenvalue weighted by Gasteiger charge is 2.27. The molecular weight excluding hydrogens is 424 g/mol. The highest BCUT2D eigenvalue weighted by atomic mass is 32.2. The third-order valence-corrected chi connectivity index (χ3v) is 6.59. The van der Waals surface area contributed by atoms with E-state index in [1.54, 1.807) is 24.4 Å². The lowest BCUT2D eigenvalue weighted by molar-refractivity contribution is -0.118. The molecule has 0 saturated heterocycles. The Morgan fingerprint density at radius 2 is 2.00 bits per heavy atom. The van der Waals surface area contributed by atoms with Gasteiger partial charge in [0.05, 0.1) is 18.3 Å². The van der Waals surface area contributed by atoms with Gasteiger partial charge in [-0.05, 0) is 30.4 Å². The van der Waals surface area contributed by atoms with Crippen LogP contribution in [0.2, 0.25) is 0 Å².